The Morgan fingerprint density at radius 2 is 2.19 bits per heavy atom. The van der Waals surface area contributed by atoms with Crippen LogP contribution in [0.5, 0.6) is 0 Å². The number of sulfonamides is 1. The van der Waals surface area contributed by atoms with Crippen LogP contribution in [-0.4, -0.2) is 38.4 Å². The summed E-state index contributed by atoms with van der Waals surface area (Å²) in [5.74, 6) is -0.519. The first-order valence-electron chi connectivity index (χ1n) is 7.45. The highest BCUT2D eigenvalue weighted by Crippen LogP contribution is 2.22. The molecule has 1 N–H and O–H groups in total. The van der Waals surface area contributed by atoms with E-state index in [-0.39, 0.29) is 10.9 Å². The summed E-state index contributed by atoms with van der Waals surface area (Å²) < 4.78 is 40.5. The number of benzene rings is 1. The van der Waals surface area contributed by atoms with Crippen LogP contribution >= 0.6 is 0 Å². The van der Waals surface area contributed by atoms with Crippen molar-refractivity contribution in [2.24, 2.45) is 0 Å². The van der Waals surface area contributed by atoms with E-state index >= 15 is 0 Å². The second-order valence-electron chi connectivity index (χ2n) is 5.57. The molecule has 0 amide bonds. The molecule has 6 heteroatoms. The van der Waals surface area contributed by atoms with E-state index in [2.05, 4.69) is 5.32 Å². The summed E-state index contributed by atoms with van der Waals surface area (Å²) in [5, 5.41) is 3.31. The monoisotopic (exact) mass is 314 g/mol. The first-order chi connectivity index (χ1) is 9.95. The van der Waals surface area contributed by atoms with Gasteiger partial charge in [-0.2, -0.15) is 4.31 Å². The van der Waals surface area contributed by atoms with Gasteiger partial charge in [-0.25, -0.2) is 12.8 Å². The van der Waals surface area contributed by atoms with Gasteiger partial charge in [0.1, 0.15) is 5.82 Å². The Bertz CT molecular complexity index is 583. The van der Waals surface area contributed by atoms with Gasteiger partial charge >= 0.3 is 0 Å². The molecule has 1 aromatic carbocycles. The van der Waals surface area contributed by atoms with Crippen molar-refractivity contribution in [1.29, 1.82) is 0 Å². The number of nitrogens with one attached hydrogen (secondary N) is 1. The Labute approximate surface area is 126 Å². The van der Waals surface area contributed by atoms with Gasteiger partial charge in [0.15, 0.2) is 0 Å². The van der Waals surface area contributed by atoms with E-state index in [0.29, 0.717) is 18.7 Å². The molecule has 0 aromatic heterocycles. The minimum atomic E-state index is -3.65. The molecule has 0 saturated carbocycles. The average Bonchev–Trinajstić information content (AvgIpc) is 2.94. The topological polar surface area (TPSA) is 49.4 Å². The third-order valence-electron chi connectivity index (χ3n) is 3.83. The molecule has 0 bridgehead atoms. The number of hydrogen-bond donors (Lipinski definition) is 1. The Balaban J connectivity index is 2.29. The largest absolute Gasteiger partial charge is 0.313 e. The van der Waals surface area contributed by atoms with E-state index in [1.807, 2.05) is 6.92 Å². The lowest BCUT2D eigenvalue weighted by Crippen LogP contribution is -2.41. The van der Waals surface area contributed by atoms with E-state index in [9.17, 15) is 12.8 Å². The van der Waals surface area contributed by atoms with Gasteiger partial charge in [-0.3, -0.25) is 0 Å². The lowest BCUT2D eigenvalue weighted by atomic mass is 10.2. The first kappa shape index (κ1) is 16.4. The predicted octanol–water partition coefficient (Wildman–Crippen LogP) is 2.29. The van der Waals surface area contributed by atoms with Gasteiger partial charge in [-0.1, -0.05) is 13.0 Å². The van der Waals surface area contributed by atoms with Crippen LogP contribution in [0.15, 0.2) is 23.1 Å². The standard InChI is InChI=1S/C15H23FN2O2S/c1-3-9-18(11-14-5-4-8-17-14)21(19,20)15-10-13(16)7-6-12(15)2/h6-7,10,14,17H,3-5,8-9,11H2,1-2H3. The molecule has 1 aliphatic heterocycles. The highest BCUT2D eigenvalue weighted by molar-refractivity contribution is 7.89. The van der Waals surface area contributed by atoms with Gasteiger partial charge in [0.05, 0.1) is 4.90 Å². The van der Waals surface area contributed by atoms with E-state index < -0.39 is 15.8 Å². The zero-order valence-electron chi connectivity index (χ0n) is 12.6. The Morgan fingerprint density at radius 3 is 2.81 bits per heavy atom. The summed E-state index contributed by atoms with van der Waals surface area (Å²) in [5.41, 5.74) is 0.580. The number of aryl methyl sites for hydroxylation is 1. The number of halogens is 1. The van der Waals surface area contributed by atoms with Crippen LogP contribution in [0.4, 0.5) is 4.39 Å². The zero-order chi connectivity index (χ0) is 15.5. The first-order valence-corrected chi connectivity index (χ1v) is 8.89. The number of hydrogen-bond acceptors (Lipinski definition) is 3. The van der Waals surface area contributed by atoms with Crippen LogP contribution in [-0.2, 0) is 10.0 Å². The summed E-state index contributed by atoms with van der Waals surface area (Å²) in [6.07, 6.45) is 2.79. The molecule has 1 aliphatic rings. The van der Waals surface area contributed by atoms with Crippen molar-refractivity contribution < 1.29 is 12.8 Å². The Morgan fingerprint density at radius 1 is 1.43 bits per heavy atom. The molecule has 4 nitrogen and oxygen atoms in total. The smallest absolute Gasteiger partial charge is 0.243 e. The predicted molar refractivity (Wildman–Crippen MR) is 81.2 cm³/mol. The maximum Gasteiger partial charge on any atom is 0.243 e. The third-order valence-corrected chi connectivity index (χ3v) is 5.83. The van der Waals surface area contributed by atoms with Crippen molar-refractivity contribution in [2.75, 3.05) is 19.6 Å². The normalized spacial score (nSPS) is 19.3. The molecule has 1 unspecified atom stereocenters. The zero-order valence-corrected chi connectivity index (χ0v) is 13.4. The van der Waals surface area contributed by atoms with E-state index in [4.69, 9.17) is 0 Å². The molecule has 0 aliphatic carbocycles. The summed E-state index contributed by atoms with van der Waals surface area (Å²) in [7, 11) is -3.65. The molecule has 118 valence electrons. The number of rotatable bonds is 6. The van der Waals surface area contributed by atoms with Crippen molar-refractivity contribution >= 4 is 10.0 Å². The molecule has 1 aromatic rings. The van der Waals surface area contributed by atoms with Crippen molar-refractivity contribution in [1.82, 2.24) is 9.62 Å². The quantitative estimate of drug-likeness (QED) is 0.876. The van der Waals surface area contributed by atoms with Gasteiger partial charge in [-0.05, 0) is 50.4 Å². The van der Waals surface area contributed by atoms with Crippen LogP contribution in [0.25, 0.3) is 0 Å². The van der Waals surface area contributed by atoms with Gasteiger partial charge in [0.25, 0.3) is 0 Å². The third kappa shape index (κ3) is 3.81. The minimum Gasteiger partial charge on any atom is -0.313 e. The molecule has 21 heavy (non-hydrogen) atoms. The molecule has 1 heterocycles. The molecular weight excluding hydrogens is 291 g/mol. The second-order valence-corrected chi connectivity index (χ2v) is 7.47. The summed E-state index contributed by atoms with van der Waals surface area (Å²) in [6, 6.07) is 4.12. The number of nitrogens with zero attached hydrogens (tertiary/aromatic N) is 1. The fraction of sp³-hybridized carbons (Fsp3) is 0.600. The van der Waals surface area contributed by atoms with E-state index in [1.54, 1.807) is 6.92 Å². The fourth-order valence-corrected chi connectivity index (χ4v) is 4.52. The maximum absolute atomic E-state index is 13.4. The van der Waals surface area contributed by atoms with Crippen LogP contribution in [0.1, 0.15) is 31.7 Å². The highest BCUT2D eigenvalue weighted by Gasteiger charge is 2.29. The second kappa shape index (κ2) is 6.85. The maximum atomic E-state index is 13.4. The molecule has 2 rings (SSSR count). The minimum absolute atomic E-state index is 0.0777. The van der Waals surface area contributed by atoms with Crippen molar-refractivity contribution in [3.8, 4) is 0 Å². The summed E-state index contributed by atoms with van der Waals surface area (Å²) in [4.78, 5) is 0.0777. The summed E-state index contributed by atoms with van der Waals surface area (Å²) in [6.45, 7) is 5.49. The fourth-order valence-electron chi connectivity index (χ4n) is 2.71. The molecular formula is C15H23FN2O2S. The Kier molecular flexibility index (Phi) is 5.35. The SMILES string of the molecule is CCCN(CC1CCCN1)S(=O)(=O)c1cc(F)ccc1C. The van der Waals surface area contributed by atoms with Crippen molar-refractivity contribution in [2.45, 2.75) is 44.0 Å². The Hall–Kier alpha value is -0.980. The molecule has 1 saturated heterocycles. The van der Waals surface area contributed by atoms with Crippen LogP contribution in [0, 0.1) is 12.7 Å². The summed E-state index contributed by atoms with van der Waals surface area (Å²) >= 11 is 0. The van der Waals surface area contributed by atoms with E-state index in [1.165, 1.54) is 16.4 Å². The lowest BCUT2D eigenvalue weighted by Gasteiger charge is -2.25. The average molecular weight is 314 g/mol. The van der Waals surface area contributed by atoms with Crippen LogP contribution < -0.4 is 5.32 Å². The van der Waals surface area contributed by atoms with Crippen LogP contribution in [0.3, 0.4) is 0 Å². The molecule has 1 fully saturated rings. The molecule has 0 radical (unpaired) electrons. The lowest BCUT2D eigenvalue weighted by molar-refractivity contribution is 0.369. The van der Waals surface area contributed by atoms with Crippen molar-refractivity contribution in [3.63, 3.8) is 0 Å². The molecule has 1 atom stereocenters. The van der Waals surface area contributed by atoms with E-state index in [0.717, 1.165) is 31.9 Å². The van der Waals surface area contributed by atoms with Gasteiger partial charge < -0.3 is 5.32 Å². The van der Waals surface area contributed by atoms with Gasteiger partial charge in [0, 0.05) is 19.1 Å². The van der Waals surface area contributed by atoms with Crippen LogP contribution in [0.2, 0.25) is 0 Å². The van der Waals surface area contributed by atoms with Gasteiger partial charge in [0.2, 0.25) is 10.0 Å². The highest BCUT2D eigenvalue weighted by atomic mass is 32.2. The van der Waals surface area contributed by atoms with Gasteiger partial charge in [-0.15, -0.1) is 0 Å². The molecule has 0 spiro atoms. The van der Waals surface area contributed by atoms with Crippen molar-refractivity contribution in [3.05, 3.63) is 29.6 Å².